The van der Waals surface area contributed by atoms with E-state index in [0.717, 1.165) is 27.8 Å². The molecule has 1 aromatic heterocycles. The molecule has 0 atom stereocenters. The lowest BCUT2D eigenvalue weighted by Crippen LogP contribution is -2.02. The molecule has 0 radical (unpaired) electrons. The summed E-state index contributed by atoms with van der Waals surface area (Å²) in [5, 5.41) is 0. The van der Waals surface area contributed by atoms with E-state index in [1.807, 2.05) is 36.4 Å². The predicted octanol–water partition coefficient (Wildman–Crippen LogP) is 10.5. The smallest absolute Gasteiger partial charge is 0.164 e. The van der Waals surface area contributed by atoms with Crippen LogP contribution in [0.2, 0.25) is 0 Å². The van der Waals surface area contributed by atoms with Gasteiger partial charge in [0.05, 0.1) is 0 Å². The second-order valence-electron chi connectivity index (χ2n) is 11.0. The summed E-state index contributed by atoms with van der Waals surface area (Å²) in [6.07, 6.45) is 0. The summed E-state index contributed by atoms with van der Waals surface area (Å²) < 4.78 is 0. The third kappa shape index (κ3) is 5.32. The molecule has 6 aromatic carbocycles. The van der Waals surface area contributed by atoms with Crippen molar-refractivity contribution in [2.45, 2.75) is 13.8 Å². The summed E-state index contributed by atoms with van der Waals surface area (Å²) in [6.45, 7) is 4.37. The molecule has 0 saturated carbocycles. The topological polar surface area (TPSA) is 38.7 Å². The minimum atomic E-state index is 0.647. The summed E-state index contributed by atoms with van der Waals surface area (Å²) in [4.78, 5) is 15.2. The van der Waals surface area contributed by atoms with Crippen LogP contribution >= 0.6 is 0 Å². The Morgan fingerprint density at radius 2 is 0.750 bits per heavy atom. The second kappa shape index (κ2) is 11.9. The summed E-state index contributed by atoms with van der Waals surface area (Å²) in [7, 11) is 0. The summed E-state index contributed by atoms with van der Waals surface area (Å²) in [5.41, 5.74) is 12.3. The summed E-state index contributed by atoms with van der Waals surface area (Å²) >= 11 is 0. The van der Waals surface area contributed by atoms with E-state index in [-0.39, 0.29) is 0 Å². The largest absolute Gasteiger partial charge is 0.208 e. The van der Waals surface area contributed by atoms with Gasteiger partial charge in [-0.25, -0.2) is 15.0 Å². The van der Waals surface area contributed by atoms with Crippen LogP contribution in [0.1, 0.15) is 11.1 Å². The minimum absolute atomic E-state index is 0.647. The lowest BCUT2D eigenvalue weighted by Gasteiger charge is -2.19. The zero-order valence-electron chi connectivity index (χ0n) is 24.8. The van der Waals surface area contributed by atoms with Crippen LogP contribution in [0.3, 0.4) is 0 Å². The molecular formula is C41H31N3. The fourth-order valence-corrected chi connectivity index (χ4v) is 5.81. The van der Waals surface area contributed by atoms with Crippen LogP contribution in [0.15, 0.2) is 152 Å². The Labute approximate surface area is 258 Å². The zero-order valence-corrected chi connectivity index (χ0v) is 24.8. The van der Waals surface area contributed by atoms with Crippen LogP contribution in [0, 0.1) is 13.8 Å². The normalized spacial score (nSPS) is 11.0. The Kier molecular flexibility index (Phi) is 7.35. The molecule has 0 fully saturated rings. The molecule has 3 heteroatoms. The van der Waals surface area contributed by atoms with Crippen LogP contribution < -0.4 is 0 Å². The highest BCUT2D eigenvalue weighted by atomic mass is 15.0. The third-order valence-corrected chi connectivity index (χ3v) is 8.12. The van der Waals surface area contributed by atoms with E-state index < -0.39 is 0 Å². The first-order valence-electron chi connectivity index (χ1n) is 14.9. The van der Waals surface area contributed by atoms with Gasteiger partial charge in [0.15, 0.2) is 17.5 Å². The molecule has 210 valence electrons. The summed E-state index contributed by atoms with van der Waals surface area (Å²) in [5.74, 6) is 1.95. The Morgan fingerprint density at radius 3 is 1.36 bits per heavy atom. The fourth-order valence-electron chi connectivity index (χ4n) is 5.81. The number of aromatic nitrogens is 3. The van der Waals surface area contributed by atoms with Crippen molar-refractivity contribution in [3.8, 4) is 67.5 Å². The zero-order chi connectivity index (χ0) is 29.9. The van der Waals surface area contributed by atoms with Crippen LogP contribution in [-0.2, 0) is 0 Å². The summed E-state index contributed by atoms with van der Waals surface area (Å²) in [6, 6.07) is 52.5. The lowest BCUT2D eigenvalue weighted by molar-refractivity contribution is 1.07. The average Bonchev–Trinajstić information content (AvgIpc) is 3.09. The SMILES string of the molecule is Cc1ccccc1-c1c(-c2nc(-c3ccccc3)nc(-c3ccc(-c4ccccc4)cc3)n2)ccc(-c2ccccc2)c1C. The molecule has 0 amide bonds. The predicted molar refractivity (Wildman–Crippen MR) is 182 cm³/mol. The maximum Gasteiger partial charge on any atom is 0.164 e. The Bertz CT molecular complexity index is 2050. The van der Waals surface area contributed by atoms with Crippen molar-refractivity contribution in [1.82, 2.24) is 15.0 Å². The van der Waals surface area contributed by atoms with Gasteiger partial charge in [-0.3, -0.25) is 0 Å². The number of hydrogen-bond acceptors (Lipinski definition) is 3. The van der Waals surface area contributed by atoms with Gasteiger partial charge in [0.1, 0.15) is 0 Å². The van der Waals surface area contributed by atoms with Crippen LogP contribution in [0.4, 0.5) is 0 Å². The van der Waals surface area contributed by atoms with Gasteiger partial charge in [-0.05, 0) is 64.4 Å². The van der Waals surface area contributed by atoms with E-state index >= 15 is 0 Å². The molecule has 0 saturated heterocycles. The van der Waals surface area contributed by atoms with Gasteiger partial charge in [-0.1, -0.05) is 146 Å². The first-order valence-corrected chi connectivity index (χ1v) is 14.9. The third-order valence-electron chi connectivity index (χ3n) is 8.12. The average molecular weight is 566 g/mol. The van der Waals surface area contributed by atoms with E-state index in [9.17, 15) is 0 Å². The van der Waals surface area contributed by atoms with Crippen molar-refractivity contribution in [3.63, 3.8) is 0 Å². The van der Waals surface area contributed by atoms with Gasteiger partial charge in [-0.2, -0.15) is 0 Å². The number of hydrogen-bond donors (Lipinski definition) is 0. The van der Waals surface area contributed by atoms with E-state index in [0.29, 0.717) is 17.5 Å². The maximum atomic E-state index is 5.14. The fraction of sp³-hybridized carbons (Fsp3) is 0.0488. The van der Waals surface area contributed by atoms with Crippen molar-refractivity contribution < 1.29 is 0 Å². The van der Waals surface area contributed by atoms with Crippen LogP contribution in [0.25, 0.3) is 67.5 Å². The molecule has 0 bridgehead atoms. The molecule has 0 N–H and O–H groups in total. The molecule has 7 aromatic rings. The molecule has 0 spiro atoms. The second-order valence-corrected chi connectivity index (χ2v) is 11.0. The van der Waals surface area contributed by atoms with Gasteiger partial charge in [0, 0.05) is 16.7 Å². The first-order chi connectivity index (χ1) is 21.7. The van der Waals surface area contributed by atoms with Crippen LogP contribution in [0.5, 0.6) is 0 Å². The van der Waals surface area contributed by atoms with Gasteiger partial charge >= 0.3 is 0 Å². The molecule has 0 unspecified atom stereocenters. The Morgan fingerprint density at radius 1 is 0.318 bits per heavy atom. The lowest BCUT2D eigenvalue weighted by atomic mass is 9.87. The highest BCUT2D eigenvalue weighted by Crippen LogP contribution is 2.40. The van der Waals surface area contributed by atoms with E-state index in [1.54, 1.807) is 0 Å². The molecule has 3 nitrogen and oxygen atoms in total. The van der Waals surface area contributed by atoms with E-state index in [4.69, 9.17) is 15.0 Å². The number of aryl methyl sites for hydroxylation is 1. The van der Waals surface area contributed by atoms with Crippen molar-refractivity contribution in [2.24, 2.45) is 0 Å². The molecule has 44 heavy (non-hydrogen) atoms. The van der Waals surface area contributed by atoms with Gasteiger partial charge in [0.25, 0.3) is 0 Å². The quantitative estimate of drug-likeness (QED) is 0.201. The van der Waals surface area contributed by atoms with Gasteiger partial charge in [0.2, 0.25) is 0 Å². The molecular weight excluding hydrogens is 534 g/mol. The van der Waals surface area contributed by atoms with Crippen molar-refractivity contribution in [2.75, 3.05) is 0 Å². The van der Waals surface area contributed by atoms with E-state index in [1.165, 1.54) is 33.4 Å². The number of nitrogens with zero attached hydrogens (tertiary/aromatic N) is 3. The highest BCUT2D eigenvalue weighted by Gasteiger charge is 2.20. The van der Waals surface area contributed by atoms with E-state index in [2.05, 4.69) is 129 Å². The van der Waals surface area contributed by atoms with Crippen molar-refractivity contribution >= 4 is 0 Å². The van der Waals surface area contributed by atoms with Crippen LogP contribution in [-0.4, -0.2) is 15.0 Å². The monoisotopic (exact) mass is 565 g/mol. The van der Waals surface area contributed by atoms with Crippen molar-refractivity contribution in [3.05, 3.63) is 163 Å². The maximum absolute atomic E-state index is 5.14. The minimum Gasteiger partial charge on any atom is -0.208 e. The molecule has 1 heterocycles. The number of benzene rings is 6. The Hall–Kier alpha value is -5.67. The molecule has 0 aliphatic heterocycles. The van der Waals surface area contributed by atoms with Crippen molar-refractivity contribution in [1.29, 1.82) is 0 Å². The number of rotatable bonds is 6. The van der Waals surface area contributed by atoms with Gasteiger partial charge < -0.3 is 0 Å². The van der Waals surface area contributed by atoms with Gasteiger partial charge in [-0.15, -0.1) is 0 Å². The highest BCUT2D eigenvalue weighted by molar-refractivity contribution is 5.90. The standard InChI is InChI=1S/C41H31N3/c1-28-14-12-13-21-35(28)38-29(2)36(32-17-8-4-9-18-32)26-27-37(38)41-43-39(33-19-10-5-11-20-33)42-40(44-41)34-24-22-31(23-25-34)30-15-6-3-7-16-30/h3-27H,1-2H3. The molecule has 0 aliphatic rings. The molecule has 7 rings (SSSR count). The first kappa shape index (κ1) is 27.2. The molecule has 0 aliphatic carbocycles. The Balaban J connectivity index is 1.44.